The number of rotatable bonds is 8. The first-order valence-corrected chi connectivity index (χ1v) is 16.2. The monoisotopic (exact) mass is 660 g/mol. The van der Waals surface area contributed by atoms with Gasteiger partial charge in [0.2, 0.25) is 11.9 Å². The van der Waals surface area contributed by atoms with Crippen LogP contribution in [0.3, 0.4) is 0 Å². The molecule has 1 amide bonds. The van der Waals surface area contributed by atoms with Crippen LogP contribution in [0.1, 0.15) is 52.5 Å². The van der Waals surface area contributed by atoms with Crippen molar-refractivity contribution in [1.29, 1.82) is 0 Å². The number of carbonyl (C=O) groups is 2. The first-order chi connectivity index (χ1) is 23.2. The van der Waals surface area contributed by atoms with Crippen LogP contribution in [0, 0.1) is 0 Å². The minimum absolute atomic E-state index is 0.000978. The molecule has 1 aromatic carbocycles. The number of amides is 1. The molecule has 4 aromatic rings. The van der Waals surface area contributed by atoms with Gasteiger partial charge in [-0.15, -0.1) is 0 Å². The summed E-state index contributed by atoms with van der Waals surface area (Å²) in [5.74, 6) is 0.198. The average Bonchev–Trinajstić information content (AvgIpc) is 3.69. The normalized spacial score (nSPS) is 16.7. The number of carboxylic acids is 1. The van der Waals surface area contributed by atoms with Gasteiger partial charge in [0, 0.05) is 113 Å². The van der Waals surface area contributed by atoms with Gasteiger partial charge >= 0.3 is 5.97 Å². The number of fused-ring (bicyclic) bond motifs is 2. The lowest BCUT2D eigenvalue weighted by atomic mass is 9.92. The first-order valence-electron chi connectivity index (χ1n) is 16.2. The lowest BCUT2D eigenvalue weighted by Crippen LogP contribution is -2.48. The summed E-state index contributed by atoms with van der Waals surface area (Å²) in [5.41, 5.74) is 4.98. The van der Waals surface area contributed by atoms with E-state index in [-0.39, 0.29) is 17.0 Å². The van der Waals surface area contributed by atoms with Crippen LogP contribution in [0.4, 0.5) is 26.2 Å². The summed E-state index contributed by atoms with van der Waals surface area (Å²) in [4.78, 5) is 40.4. The third-order valence-electron chi connectivity index (χ3n) is 9.60. The van der Waals surface area contributed by atoms with Gasteiger partial charge in [0.05, 0.1) is 24.8 Å². The lowest BCUT2D eigenvalue weighted by Gasteiger charge is -2.34. The fraction of sp³-hybridized carbons (Fsp3) is 0.455. The van der Waals surface area contributed by atoms with Crippen LogP contribution in [0.2, 0.25) is 0 Å². The van der Waals surface area contributed by atoms with Crippen molar-refractivity contribution in [1.82, 2.24) is 39.3 Å². The molecule has 15 heteroatoms. The van der Waals surface area contributed by atoms with Crippen LogP contribution >= 0.6 is 0 Å². The number of piperazine rings is 1. The van der Waals surface area contributed by atoms with Gasteiger partial charge in [-0.25, -0.2) is 23.5 Å². The van der Waals surface area contributed by atoms with Crippen LogP contribution in [-0.4, -0.2) is 102 Å². The van der Waals surface area contributed by atoms with Crippen LogP contribution in [0.25, 0.3) is 11.1 Å². The second-order valence-corrected chi connectivity index (χ2v) is 12.6. The zero-order chi connectivity index (χ0) is 33.5. The molecule has 6 heterocycles. The zero-order valence-electron chi connectivity index (χ0n) is 27.0. The fourth-order valence-corrected chi connectivity index (χ4v) is 7.01. The van der Waals surface area contributed by atoms with E-state index in [0.29, 0.717) is 62.8 Å². The van der Waals surface area contributed by atoms with E-state index >= 15 is 0 Å². The highest BCUT2D eigenvalue weighted by atomic mass is 19.3. The molecule has 0 radical (unpaired) electrons. The quantitative estimate of drug-likeness (QED) is 0.300. The third kappa shape index (κ3) is 6.09. The highest BCUT2D eigenvalue weighted by Crippen LogP contribution is 2.43. The molecule has 0 bridgehead atoms. The van der Waals surface area contributed by atoms with E-state index in [1.807, 2.05) is 15.9 Å². The number of alkyl halides is 2. The highest BCUT2D eigenvalue weighted by Gasteiger charge is 2.32. The number of aryl methyl sites for hydroxylation is 2. The van der Waals surface area contributed by atoms with E-state index in [0.717, 1.165) is 60.8 Å². The molecule has 1 N–H and O–H groups in total. The molecule has 3 aromatic heterocycles. The largest absolute Gasteiger partial charge is 0.478 e. The van der Waals surface area contributed by atoms with Crippen molar-refractivity contribution >= 4 is 29.3 Å². The van der Waals surface area contributed by atoms with E-state index in [1.54, 1.807) is 37.1 Å². The van der Waals surface area contributed by atoms with Crippen molar-refractivity contribution in [2.24, 2.45) is 7.05 Å². The molecule has 252 valence electrons. The summed E-state index contributed by atoms with van der Waals surface area (Å²) in [5, 5.41) is 18.5. The van der Waals surface area contributed by atoms with Crippen LogP contribution in [-0.2, 0) is 37.8 Å². The summed E-state index contributed by atoms with van der Waals surface area (Å²) in [7, 11) is 1.77. The molecule has 3 aliphatic rings. The number of halogens is 2. The maximum atomic E-state index is 14.5. The molecule has 1 fully saturated rings. The number of anilines is 3. The van der Waals surface area contributed by atoms with Gasteiger partial charge in [0.1, 0.15) is 0 Å². The number of benzene rings is 1. The minimum atomic E-state index is -2.66. The van der Waals surface area contributed by atoms with Crippen molar-refractivity contribution in [3.05, 3.63) is 64.9 Å². The predicted molar refractivity (Wildman–Crippen MR) is 174 cm³/mol. The Morgan fingerprint density at radius 3 is 2.42 bits per heavy atom. The lowest BCUT2D eigenvalue weighted by molar-refractivity contribution is -0.129. The van der Waals surface area contributed by atoms with Gasteiger partial charge in [-0.05, 0) is 36.1 Å². The van der Waals surface area contributed by atoms with Crippen molar-refractivity contribution in [3.63, 3.8) is 0 Å². The molecule has 0 saturated carbocycles. The number of carboxylic acid groups (broad SMARTS) is 1. The van der Waals surface area contributed by atoms with Gasteiger partial charge in [-0.2, -0.15) is 10.2 Å². The topological polar surface area (TPSA) is 129 Å². The molecule has 0 aliphatic carbocycles. The van der Waals surface area contributed by atoms with E-state index < -0.39 is 12.4 Å². The Morgan fingerprint density at radius 1 is 0.979 bits per heavy atom. The minimum Gasteiger partial charge on any atom is -0.478 e. The Balaban J connectivity index is 1.13. The SMILES string of the molecule is CC(=O)N1CCc2c(c(N3CCCc4cc(-c5cnn(C)c5)c(C(F)F)cc43)nn2CCN2CCN(c3ncc(C(=O)O)cn3)CC2)C1. The molecule has 1 saturated heterocycles. The molecule has 7 rings (SSSR count). The van der Waals surface area contributed by atoms with E-state index in [1.165, 1.54) is 12.4 Å². The van der Waals surface area contributed by atoms with Crippen LogP contribution in [0.15, 0.2) is 36.9 Å². The summed E-state index contributed by atoms with van der Waals surface area (Å²) < 4.78 is 32.7. The molecule has 0 unspecified atom stereocenters. The Hall–Kier alpha value is -4.92. The molecular weight excluding hydrogens is 622 g/mol. The van der Waals surface area contributed by atoms with Gasteiger partial charge < -0.3 is 19.8 Å². The smallest absolute Gasteiger partial charge is 0.338 e. The number of nitrogens with zero attached hydrogens (tertiary/aromatic N) is 10. The molecule has 0 atom stereocenters. The number of hydrogen-bond acceptors (Lipinski definition) is 9. The molecule has 13 nitrogen and oxygen atoms in total. The molecular formula is C33H38F2N10O3. The summed E-state index contributed by atoms with van der Waals surface area (Å²) >= 11 is 0. The number of aromatic carboxylic acids is 1. The Labute approximate surface area is 276 Å². The summed E-state index contributed by atoms with van der Waals surface area (Å²) in [6.07, 6.45) is 5.66. The second-order valence-electron chi connectivity index (χ2n) is 12.6. The van der Waals surface area contributed by atoms with E-state index in [2.05, 4.69) is 29.5 Å². The maximum Gasteiger partial charge on any atom is 0.338 e. The van der Waals surface area contributed by atoms with Gasteiger partial charge in [-0.3, -0.25) is 19.1 Å². The third-order valence-corrected chi connectivity index (χ3v) is 9.60. The zero-order valence-corrected chi connectivity index (χ0v) is 27.0. The van der Waals surface area contributed by atoms with E-state index in [9.17, 15) is 18.4 Å². The van der Waals surface area contributed by atoms with Crippen molar-refractivity contribution in [3.8, 4) is 11.1 Å². The standard InChI is InChI=1S/C33H38F2N10O3/c1-21(46)43-7-5-28-27(20-43)31(39-45(28)13-10-41-8-11-42(12-9-41)33-36-16-23(17-37-33)32(47)48)44-6-3-4-22-14-25(24-18-38-40(2)19-24)26(30(34)35)15-29(22)44/h14-19,30H,3-13,20H2,1-2H3,(H,47,48). The maximum absolute atomic E-state index is 14.5. The van der Waals surface area contributed by atoms with Crippen molar-refractivity contribution < 1.29 is 23.5 Å². The summed E-state index contributed by atoms with van der Waals surface area (Å²) in [6, 6.07) is 3.51. The first kappa shape index (κ1) is 31.7. The number of aromatic nitrogens is 6. The van der Waals surface area contributed by atoms with Crippen LogP contribution in [0.5, 0.6) is 0 Å². The average molecular weight is 661 g/mol. The van der Waals surface area contributed by atoms with Crippen molar-refractivity contribution in [2.45, 2.75) is 45.7 Å². The fourth-order valence-electron chi connectivity index (χ4n) is 7.01. The molecule has 0 spiro atoms. The molecule has 3 aliphatic heterocycles. The second kappa shape index (κ2) is 12.9. The van der Waals surface area contributed by atoms with Crippen LogP contribution < -0.4 is 9.80 Å². The Bertz CT molecular complexity index is 1830. The summed E-state index contributed by atoms with van der Waals surface area (Å²) in [6.45, 7) is 7.65. The number of carbonyl (C=O) groups excluding carboxylic acids is 1. The van der Waals surface area contributed by atoms with Gasteiger partial charge in [0.25, 0.3) is 6.43 Å². The molecule has 48 heavy (non-hydrogen) atoms. The van der Waals surface area contributed by atoms with Crippen molar-refractivity contribution in [2.75, 3.05) is 55.6 Å². The van der Waals surface area contributed by atoms with Gasteiger partial charge in [-0.1, -0.05) is 0 Å². The number of hydrogen-bond donors (Lipinski definition) is 1. The van der Waals surface area contributed by atoms with Gasteiger partial charge in [0.15, 0.2) is 5.82 Å². The Morgan fingerprint density at radius 2 is 1.75 bits per heavy atom. The van der Waals surface area contributed by atoms with E-state index in [4.69, 9.17) is 10.2 Å². The predicted octanol–water partition coefficient (Wildman–Crippen LogP) is 3.52. The highest BCUT2D eigenvalue weighted by molar-refractivity contribution is 5.86. The Kier molecular flexibility index (Phi) is 8.54.